The number of benzene rings is 1. The average Bonchev–Trinajstić information content (AvgIpc) is 3.12. The number of aromatic nitrogens is 4. The number of sulfone groups is 1. The highest BCUT2D eigenvalue weighted by Crippen LogP contribution is 2.17. The Morgan fingerprint density at radius 3 is 2.58 bits per heavy atom. The molecule has 2 rings (SSSR count). The van der Waals surface area contributed by atoms with Gasteiger partial charge in [-0.1, -0.05) is 56.2 Å². The van der Waals surface area contributed by atoms with Crippen LogP contribution in [0, 0.1) is 11.8 Å². The minimum absolute atomic E-state index is 0.0464. The van der Waals surface area contributed by atoms with E-state index < -0.39 is 9.84 Å². The van der Waals surface area contributed by atoms with Gasteiger partial charge in [-0.2, -0.15) is 4.68 Å². The molecule has 8 heteroatoms. The lowest BCUT2D eigenvalue weighted by molar-refractivity contribution is 0.133. The highest BCUT2D eigenvalue weighted by molar-refractivity contribution is 7.91. The molecule has 0 saturated heterocycles. The van der Waals surface area contributed by atoms with E-state index in [4.69, 9.17) is 0 Å². The Morgan fingerprint density at radius 1 is 1.23 bits per heavy atom. The Kier molecular flexibility index (Phi) is 7.05. The Hall–Kier alpha value is -2.06. The minimum atomic E-state index is -3.62. The van der Waals surface area contributed by atoms with Crippen LogP contribution in [-0.2, 0) is 9.84 Å². The van der Waals surface area contributed by atoms with Crippen molar-refractivity contribution in [1.29, 1.82) is 0 Å². The van der Waals surface area contributed by atoms with Gasteiger partial charge < -0.3 is 5.11 Å². The molecular formula is C18H26N4O3S. The van der Waals surface area contributed by atoms with Crippen molar-refractivity contribution in [3.8, 4) is 5.69 Å². The van der Waals surface area contributed by atoms with Crippen LogP contribution in [-0.4, -0.2) is 45.6 Å². The predicted molar refractivity (Wildman–Crippen MR) is 99.6 cm³/mol. The molecule has 7 nitrogen and oxygen atoms in total. The average molecular weight is 378 g/mol. The predicted octanol–water partition coefficient (Wildman–Crippen LogP) is 2.43. The van der Waals surface area contributed by atoms with E-state index in [2.05, 4.69) is 15.5 Å². The molecule has 142 valence electrons. The van der Waals surface area contributed by atoms with Crippen molar-refractivity contribution in [2.24, 2.45) is 11.8 Å². The molecule has 0 spiro atoms. The number of nitrogens with zero attached hydrogens (tertiary/aromatic N) is 4. The van der Waals surface area contributed by atoms with Crippen LogP contribution in [0.5, 0.6) is 0 Å². The lowest BCUT2D eigenvalue weighted by atomic mass is 10.0. The van der Waals surface area contributed by atoms with Crippen molar-refractivity contribution in [2.75, 3.05) is 5.75 Å². The van der Waals surface area contributed by atoms with Crippen molar-refractivity contribution in [3.63, 3.8) is 0 Å². The molecule has 0 amide bonds. The molecule has 0 fully saturated rings. The van der Waals surface area contributed by atoms with E-state index >= 15 is 0 Å². The topological polar surface area (TPSA) is 98.0 Å². The third-order valence-electron chi connectivity index (χ3n) is 4.23. The number of para-hydroxylation sites is 1. The van der Waals surface area contributed by atoms with Crippen LogP contribution in [0.2, 0.25) is 0 Å². The number of hydrogen-bond acceptors (Lipinski definition) is 6. The highest BCUT2D eigenvalue weighted by atomic mass is 32.2. The smallest absolute Gasteiger partial charge is 0.272 e. The molecular weight excluding hydrogens is 352 g/mol. The first-order chi connectivity index (χ1) is 12.3. The standard InChI is InChI=1S/C18H26N4O3S/c1-4-17(23)15(3)10-8-9-14(2)13-26(24,25)18-19-20-21-22(18)16-11-6-5-7-12-16/h5-8,10-12,14-15,17,23H,4,9,13H2,1-3H3/t14-,15-,17-/m0/s1. The van der Waals surface area contributed by atoms with Gasteiger partial charge >= 0.3 is 0 Å². The highest BCUT2D eigenvalue weighted by Gasteiger charge is 2.25. The van der Waals surface area contributed by atoms with Crippen molar-refractivity contribution in [3.05, 3.63) is 42.5 Å². The monoisotopic (exact) mass is 378 g/mol. The summed E-state index contributed by atoms with van der Waals surface area (Å²) in [6.07, 6.45) is 4.79. The van der Waals surface area contributed by atoms with E-state index in [1.165, 1.54) is 4.68 Å². The Labute approximate surface area is 154 Å². The Bertz CT molecular complexity index is 818. The lowest BCUT2D eigenvalue weighted by Crippen LogP contribution is -2.18. The second-order valence-corrected chi connectivity index (χ2v) is 8.52. The van der Waals surface area contributed by atoms with Crippen LogP contribution in [0.15, 0.2) is 47.6 Å². The van der Waals surface area contributed by atoms with Crippen molar-refractivity contribution < 1.29 is 13.5 Å². The molecule has 1 N–H and O–H groups in total. The van der Waals surface area contributed by atoms with Crippen LogP contribution >= 0.6 is 0 Å². The van der Waals surface area contributed by atoms with Gasteiger partial charge in [0.05, 0.1) is 17.5 Å². The van der Waals surface area contributed by atoms with Crippen LogP contribution in [0.3, 0.4) is 0 Å². The third-order valence-corrected chi connectivity index (χ3v) is 6.05. The van der Waals surface area contributed by atoms with Gasteiger partial charge in [-0.15, -0.1) is 0 Å². The quantitative estimate of drug-likeness (QED) is 0.673. The van der Waals surface area contributed by atoms with Gasteiger partial charge in [-0.3, -0.25) is 0 Å². The number of allylic oxidation sites excluding steroid dienone is 1. The van der Waals surface area contributed by atoms with Crippen LogP contribution in [0.1, 0.15) is 33.6 Å². The fraction of sp³-hybridized carbons (Fsp3) is 0.500. The molecule has 0 radical (unpaired) electrons. The fourth-order valence-electron chi connectivity index (χ4n) is 2.65. The molecule has 3 atom stereocenters. The van der Waals surface area contributed by atoms with Gasteiger partial charge in [-0.25, -0.2) is 8.42 Å². The number of hydrogen-bond donors (Lipinski definition) is 1. The number of rotatable bonds is 9. The van der Waals surface area contributed by atoms with Crippen molar-refractivity contribution >= 4 is 9.84 Å². The summed E-state index contributed by atoms with van der Waals surface area (Å²) < 4.78 is 26.7. The molecule has 26 heavy (non-hydrogen) atoms. The maximum absolute atomic E-state index is 12.7. The molecule has 0 aliphatic rings. The largest absolute Gasteiger partial charge is 0.393 e. The summed E-state index contributed by atoms with van der Waals surface area (Å²) in [5, 5.41) is 20.7. The maximum Gasteiger partial charge on any atom is 0.272 e. The van der Waals surface area contributed by atoms with E-state index in [0.717, 1.165) is 0 Å². The van der Waals surface area contributed by atoms with Crippen molar-refractivity contribution in [2.45, 2.75) is 44.9 Å². The van der Waals surface area contributed by atoms with E-state index in [1.807, 2.05) is 39.0 Å². The first-order valence-electron chi connectivity index (χ1n) is 8.76. The first kappa shape index (κ1) is 20.3. The summed E-state index contributed by atoms with van der Waals surface area (Å²) in [5.74, 6) is -0.0905. The van der Waals surface area contributed by atoms with Crippen molar-refractivity contribution in [1.82, 2.24) is 20.2 Å². The van der Waals surface area contributed by atoms with Crippen LogP contribution in [0.4, 0.5) is 0 Å². The molecule has 1 aromatic heterocycles. The second kappa shape index (κ2) is 9.05. The normalized spacial score (nSPS) is 15.8. The lowest BCUT2D eigenvalue weighted by Gasteiger charge is -2.13. The third kappa shape index (κ3) is 5.22. The number of aliphatic hydroxyl groups is 1. The molecule has 0 bridgehead atoms. The van der Waals surface area contributed by atoms with Gasteiger partial charge in [0, 0.05) is 0 Å². The van der Waals surface area contributed by atoms with Gasteiger partial charge in [-0.05, 0) is 47.2 Å². The van der Waals surface area contributed by atoms with Crippen LogP contribution < -0.4 is 0 Å². The molecule has 0 saturated carbocycles. The Morgan fingerprint density at radius 2 is 1.92 bits per heavy atom. The summed E-state index contributed by atoms with van der Waals surface area (Å²) in [6.45, 7) is 5.75. The summed E-state index contributed by atoms with van der Waals surface area (Å²) >= 11 is 0. The first-order valence-corrected chi connectivity index (χ1v) is 10.4. The zero-order chi connectivity index (χ0) is 19.2. The van der Waals surface area contributed by atoms with Gasteiger partial charge in [0.25, 0.3) is 5.16 Å². The summed E-state index contributed by atoms with van der Waals surface area (Å²) in [4.78, 5) is 0. The SMILES string of the molecule is CC[C@H](O)[C@@H](C)C=CC[C@H](C)CS(=O)(=O)c1nnnn1-c1ccccc1. The zero-order valence-electron chi connectivity index (χ0n) is 15.4. The van der Waals surface area contributed by atoms with E-state index in [0.29, 0.717) is 18.5 Å². The number of tetrazole rings is 1. The van der Waals surface area contributed by atoms with Crippen LogP contribution in [0.25, 0.3) is 5.69 Å². The fourth-order valence-corrected chi connectivity index (χ4v) is 4.25. The molecule has 0 aliphatic heterocycles. The van der Waals surface area contributed by atoms with E-state index in [9.17, 15) is 13.5 Å². The summed E-state index contributed by atoms with van der Waals surface area (Å²) in [7, 11) is -3.62. The molecule has 2 aromatic rings. The number of aliphatic hydroxyl groups excluding tert-OH is 1. The van der Waals surface area contributed by atoms with Gasteiger partial charge in [0.1, 0.15) is 0 Å². The molecule has 1 aromatic carbocycles. The summed E-state index contributed by atoms with van der Waals surface area (Å²) in [6, 6.07) is 8.94. The molecule has 1 heterocycles. The van der Waals surface area contributed by atoms with E-state index in [-0.39, 0.29) is 28.8 Å². The minimum Gasteiger partial charge on any atom is -0.393 e. The van der Waals surface area contributed by atoms with E-state index in [1.54, 1.807) is 24.3 Å². The second-order valence-electron chi connectivity index (χ2n) is 6.59. The molecule has 0 unspecified atom stereocenters. The Balaban J connectivity index is 2.06. The summed E-state index contributed by atoms with van der Waals surface area (Å²) in [5.41, 5.74) is 0.603. The van der Waals surface area contributed by atoms with Gasteiger partial charge in [0.2, 0.25) is 9.84 Å². The molecule has 0 aliphatic carbocycles. The van der Waals surface area contributed by atoms with Gasteiger partial charge in [0.15, 0.2) is 0 Å². The zero-order valence-corrected chi connectivity index (χ0v) is 16.2. The maximum atomic E-state index is 12.7.